The quantitative estimate of drug-likeness (QED) is 0.881. The van der Waals surface area contributed by atoms with Crippen LogP contribution in [0.15, 0.2) is 35.1 Å². The van der Waals surface area contributed by atoms with Crippen LogP contribution >= 0.6 is 0 Å². The minimum Gasteiger partial charge on any atom is -0.383 e. The summed E-state index contributed by atoms with van der Waals surface area (Å²) in [6.07, 6.45) is 2.63. The van der Waals surface area contributed by atoms with E-state index in [-0.39, 0.29) is 5.56 Å². The van der Waals surface area contributed by atoms with E-state index in [0.29, 0.717) is 0 Å². The Kier molecular flexibility index (Phi) is 3.51. The van der Waals surface area contributed by atoms with Crippen LogP contribution in [0.25, 0.3) is 10.9 Å². The third kappa shape index (κ3) is 2.79. The number of hydrogen-bond acceptors (Lipinski definition) is 3. The number of benzene rings is 1. The molecule has 0 aliphatic carbocycles. The lowest BCUT2D eigenvalue weighted by Gasteiger charge is -2.16. The first-order chi connectivity index (χ1) is 9.33. The summed E-state index contributed by atoms with van der Waals surface area (Å²) in [5.74, 6) is 0. The number of H-pyrrole nitrogens is 1. The SMILES string of the molecule is O=c1cc(NCCN2CCCC2)c2ccccc2[nH]1. The molecular formula is C15H19N3O. The molecule has 19 heavy (non-hydrogen) atoms. The van der Waals surface area contributed by atoms with E-state index in [4.69, 9.17) is 0 Å². The van der Waals surface area contributed by atoms with Gasteiger partial charge in [-0.1, -0.05) is 18.2 Å². The molecule has 0 unspecified atom stereocenters. The maximum absolute atomic E-state index is 11.6. The van der Waals surface area contributed by atoms with Crippen molar-refractivity contribution in [3.63, 3.8) is 0 Å². The molecule has 3 rings (SSSR count). The fraction of sp³-hybridized carbons (Fsp3) is 0.400. The molecule has 100 valence electrons. The molecule has 0 spiro atoms. The van der Waals surface area contributed by atoms with Crippen molar-refractivity contribution >= 4 is 16.6 Å². The molecular weight excluding hydrogens is 238 g/mol. The van der Waals surface area contributed by atoms with E-state index in [2.05, 4.69) is 15.2 Å². The largest absolute Gasteiger partial charge is 0.383 e. The summed E-state index contributed by atoms with van der Waals surface area (Å²) in [6, 6.07) is 9.54. The molecule has 4 nitrogen and oxygen atoms in total. The fourth-order valence-electron chi connectivity index (χ4n) is 2.71. The van der Waals surface area contributed by atoms with Gasteiger partial charge in [-0.05, 0) is 32.0 Å². The lowest BCUT2D eigenvalue weighted by atomic mass is 10.2. The Morgan fingerprint density at radius 3 is 2.84 bits per heavy atom. The molecule has 4 heteroatoms. The molecule has 1 aromatic heterocycles. The van der Waals surface area contributed by atoms with Crippen molar-refractivity contribution in [2.45, 2.75) is 12.8 Å². The zero-order chi connectivity index (χ0) is 13.1. The molecule has 0 saturated carbocycles. The summed E-state index contributed by atoms with van der Waals surface area (Å²) in [7, 11) is 0. The molecule has 1 saturated heterocycles. The van der Waals surface area contributed by atoms with E-state index >= 15 is 0 Å². The maximum Gasteiger partial charge on any atom is 0.250 e. The van der Waals surface area contributed by atoms with E-state index in [1.165, 1.54) is 25.9 Å². The first kappa shape index (κ1) is 12.2. The number of aromatic nitrogens is 1. The molecule has 0 amide bonds. The van der Waals surface area contributed by atoms with Gasteiger partial charge in [0.15, 0.2) is 0 Å². The third-order valence-corrected chi connectivity index (χ3v) is 3.69. The van der Waals surface area contributed by atoms with Crippen LogP contribution < -0.4 is 10.9 Å². The van der Waals surface area contributed by atoms with Crippen LogP contribution in [0.5, 0.6) is 0 Å². The van der Waals surface area contributed by atoms with Crippen molar-refractivity contribution in [1.29, 1.82) is 0 Å². The van der Waals surface area contributed by atoms with Crippen LogP contribution in [0.1, 0.15) is 12.8 Å². The van der Waals surface area contributed by atoms with Crippen molar-refractivity contribution in [2.24, 2.45) is 0 Å². The smallest absolute Gasteiger partial charge is 0.250 e. The monoisotopic (exact) mass is 257 g/mol. The highest BCUT2D eigenvalue weighted by molar-refractivity contribution is 5.90. The van der Waals surface area contributed by atoms with Crippen LogP contribution in [-0.4, -0.2) is 36.1 Å². The Morgan fingerprint density at radius 1 is 1.21 bits per heavy atom. The van der Waals surface area contributed by atoms with Gasteiger partial charge in [0.25, 0.3) is 0 Å². The molecule has 0 radical (unpaired) electrons. The van der Waals surface area contributed by atoms with Gasteiger partial charge in [-0.25, -0.2) is 0 Å². The highest BCUT2D eigenvalue weighted by Gasteiger charge is 2.10. The van der Waals surface area contributed by atoms with E-state index in [9.17, 15) is 4.79 Å². The lowest BCUT2D eigenvalue weighted by Crippen LogP contribution is -2.26. The second-order valence-corrected chi connectivity index (χ2v) is 5.07. The van der Waals surface area contributed by atoms with Gasteiger partial charge >= 0.3 is 0 Å². The first-order valence-electron chi connectivity index (χ1n) is 6.91. The summed E-state index contributed by atoms with van der Waals surface area (Å²) >= 11 is 0. The Bertz CT molecular complexity index is 614. The number of fused-ring (bicyclic) bond motifs is 1. The normalized spacial score (nSPS) is 16.0. The van der Waals surface area contributed by atoms with Gasteiger partial charge in [0, 0.05) is 30.2 Å². The van der Waals surface area contributed by atoms with Gasteiger partial charge in [0.1, 0.15) is 0 Å². The maximum atomic E-state index is 11.6. The summed E-state index contributed by atoms with van der Waals surface area (Å²) in [5.41, 5.74) is 1.76. The highest BCUT2D eigenvalue weighted by atomic mass is 16.1. The van der Waals surface area contributed by atoms with Crippen LogP contribution in [0.3, 0.4) is 0 Å². The van der Waals surface area contributed by atoms with Gasteiger partial charge in [-0.15, -0.1) is 0 Å². The number of pyridine rings is 1. The van der Waals surface area contributed by atoms with Gasteiger partial charge in [-0.2, -0.15) is 0 Å². The van der Waals surface area contributed by atoms with E-state index in [0.717, 1.165) is 29.7 Å². The van der Waals surface area contributed by atoms with Crippen LogP contribution in [0.4, 0.5) is 5.69 Å². The summed E-state index contributed by atoms with van der Waals surface area (Å²) < 4.78 is 0. The molecule has 1 aliphatic heterocycles. The topological polar surface area (TPSA) is 48.1 Å². The molecule has 0 atom stereocenters. The molecule has 2 aromatic rings. The predicted molar refractivity (Wildman–Crippen MR) is 78.7 cm³/mol. The Morgan fingerprint density at radius 2 is 2.00 bits per heavy atom. The number of aromatic amines is 1. The minimum atomic E-state index is -0.0534. The van der Waals surface area contributed by atoms with Gasteiger partial charge in [-0.3, -0.25) is 4.79 Å². The molecule has 2 heterocycles. The number of hydrogen-bond donors (Lipinski definition) is 2. The second kappa shape index (κ2) is 5.45. The van der Waals surface area contributed by atoms with E-state index in [1.54, 1.807) is 6.07 Å². The van der Waals surface area contributed by atoms with Crippen molar-refractivity contribution in [3.8, 4) is 0 Å². The molecule has 1 fully saturated rings. The number of nitrogens with one attached hydrogen (secondary N) is 2. The van der Waals surface area contributed by atoms with Crippen molar-refractivity contribution in [3.05, 3.63) is 40.7 Å². The average molecular weight is 257 g/mol. The van der Waals surface area contributed by atoms with Crippen molar-refractivity contribution in [1.82, 2.24) is 9.88 Å². The summed E-state index contributed by atoms with van der Waals surface area (Å²) in [6.45, 7) is 4.34. The Labute approximate surface area is 112 Å². The Hall–Kier alpha value is -1.81. The van der Waals surface area contributed by atoms with Crippen molar-refractivity contribution in [2.75, 3.05) is 31.5 Å². The highest BCUT2D eigenvalue weighted by Crippen LogP contribution is 2.19. The lowest BCUT2D eigenvalue weighted by molar-refractivity contribution is 0.353. The first-order valence-corrected chi connectivity index (χ1v) is 6.91. The zero-order valence-electron chi connectivity index (χ0n) is 11.0. The summed E-state index contributed by atoms with van der Waals surface area (Å²) in [4.78, 5) is 16.9. The second-order valence-electron chi connectivity index (χ2n) is 5.07. The molecule has 1 aliphatic rings. The fourth-order valence-corrected chi connectivity index (χ4v) is 2.71. The predicted octanol–water partition coefficient (Wildman–Crippen LogP) is 2.04. The standard InChI is InChI=1S/C15H19N3O/c19-15-11-14(12-5-1-2-6-13(12)17-15)16-7-10-18-8-3-4-9-18/h1-2,5-6,11H,3-4,7-10H2,(H2,16,17,19). The zero-order valence-corrected chi connectivity index (χ0v) is 11.0. The third-order valence-electron chi connectivity index (χ3n) is 3.69. The minimum absolute atomic E-state index is 0.0534. The van der Waals surface area contributed by atoms with E-state index in [1.807, 2.05) is 24.3 Å². The number of anilines is 1. The number of likely N-dealkylation sites (tertiary alicyclic amines) is 1. The van der Waals surface area contributed by atoms with Crippen LogP contribution in [-0.2, 0) is 0 Å². The van der Waals surface area contributed by atoms with Gasteiger partial charge in [0.2, 0.25) is 5.56 Å². The van der Waals surface area contributed by atoms with Crippen LogP contribution in [0, 0.1) is 0 Å². The molecule has 1 aromatic carbocycles. The van der Waals surface area contributed by atoms with Crippen LogP contribution in [0.2, 0.25) is 0 Å². The molecule has 0 bridgehead atoms. The number of nitrogens with zero attached hydrogens (tertiary/aromatic N) is 1. The van der Waals surface area contributed by atoms with Gasteiger partial charge < -0.3 is 15.2 Å². The van der Waals surface area contributed by atoms with Gasteiger partial charge in [0.05, 0.1) is 5.52 Å². The number of rotatable bonds is 4. The van der Waals surface area contributed by atoms with E-state index < -0.39 is 0 Å². The van der Waals surface area contributed by atoms with Crippen molar-refractivity contribution < 1.29 is 0 Å². The number of para-hydroxylation sites is 1. The average Bonchev–Trinajstić information content (AvgIpc) is 2.91. The molecule has 2 N–H and O–H groups in total. The Balaban J connectivity index is 1.74. The summed E-state index contributed by atoms with van der Waals surface area (Å²) in [5, 5.41) is 4.47.